The topological polar surface area (TPSA) is 110 Å². The minimum Gasteiger partial charge on any atom is -0.478 e. The van der Waals surface area contributed by atoms with Crippen molar-refractivity contribution in [2.24, 2.45) is 5.92 Å². The molecule has 158 valence electrons. The van der Waals surface area contributed by atoms with Gasteiger partial charge in [-0.05, 0) is 36.1 Å². The first kappa shape index (κ1) is 21.6. The van der Waals surface area contributed by atoms with E-state index in [1.807, 2.05) is 0 Å². The fraction of sp³-hybridized carbons (Fsp3) is 0.391. The van der Waals surface area contributed by atoms with E-state index < -0.39 is 24.0 Å². The highest BCUT2D eigenvalue weighted by Crippen LogP contribution is 2.31. The van der Waals surface area contributed by atoms with Crippen LogP contribution in [0.2, 0.25) is 0 Å². The molecule has 2 N–H and O–H groups in total. The summed E-state index contributed by atoms with van der Waals surface area (Å²) in [4.78, 5) is 33.2. The number of carbonyl (C=O) groups excluding carboxylic acids is 1. The molecular formula is C23H26N2O5. The van der Waals surface area contributed by atoms with E-state index in [0.29, 0.717) is 34.5 Å². The number of carboxylic acids is 1. The van der Waals surface area contributed by atoms with Gasteiger partial charge in [-0.25, -0.2) is 14.8 Å². The first-order valence-electron chi connectivity index (χ1n) is 10.0. The van der Waals surface area contributed by atoms with Gasteiger partial charge in [0.1, 0.15) is 11.4 Å². The number of carbonyl (C=O) groups is 2. The van der Waals surface area contributed by atoms with Crippen molar-refractivity contribution in [1.82, 2.24) is 9.97 Å². The monoisotopic (exact) mass is 410 g/mol. The Labute approximate surface area is 174 Å². The largest absolute Gasteiger partial charge is 0.478 e. The number of aliphatic hydroxyl groups excluding tert-OH is 1. The van der Waals surface area contributed by atoms with Gasteiger partial charge in [0.15, 0.2) is 0 Å². The highest BCUT2D eigenvalue weighted by Gasteiger charge is 2.31. The quantitative estimate of drug-likeness (QED) is 0.428. The SMILES string of the molecule is COC(=O)[C@H](c1cccc2nc3c(C(=O)O)cccc3nc12)[C@@H](O)CCCC(C)C. The van der Waals surface area contributed by atoms with Gasteiger partial charge >= 0.3 is 11.9 Å². The molecule has 30 heavy (non-hydrogen) atoms. The first-order chi connectivity index (χ1) is 14.3. The molecule has 0 fully saturated rings. The molecule has 1 aromatic heterocycles. The predicted octanol–water partition coefficient (Wildman–Crippen LogP) is 3.93. The summed E-state index contributed by atoms with van der Waals surface area (Å²) < 4.78 is 4.98. The van der Waals surface area contributed by atoms with Crippen molar-refractivity contribution >= 4 is 34.0 Å². The molecule has 0 saturated heterocycles. The van der Waals surface area contributed by atoms with Crippen molar-refractivity contribution < 1.29 is 24.5 Å². The van der Waals surface area contributed by atoms with Crippen LogP contribution in [-0.2, 0) is 9.53 Å². The van der Waals surface area contributed by atoms with Crippen LogP contribution in [0.15, 0.2) is 36.4 Å². The summed E-state index contributed by atoms with van der Waals surface area (Å²) >= 11 is 0. The van der Waals surface area contributed by atoms with E-state index in [1.165, 1.54) is 13.2 Å². The minimum absolute atomic E-state index is 0.0607. The molecule has 7 nitrogen and oxygen atoms in total. The van der Waals surface area contributed by atoms with Crippen LogP contribution in [0, 0.1) is 5.92 Å². The number of rotatable bonds is 8. The van der Waals surface area contributed by atoms with Crippen molar-refractivity contribution in [2.45, 2.75) is 45.1 Å². The van der Waals surface area contributed by atoms with E-state index in [1.54, 1.807) is 30.3 Å². The van der Waals surface area contributed by atoms with Crippen molar-refractivity contribution in [3.8, 4) is 0 Å². The molecule has 0 spiro atoms. The third kappa shape index (κ3) is 4.41. The van der Waals surface area contributed by atoms with Crippen LogP contribution >= 0.6 is 0 Å². The number of benzene rings is 2. The standard InChI is InChI=1S/C23H26N2O5/c1-13(2)7-4-12-18(26)19(23(29)30-3)14-8-5-10-16-20(14)24-17-11-6-9-15(22(27)28)21(17)25-16/h5-6,8-11,13,18-19,26H,4,7,12H2,1-3H3,(H,27,28)/t18-,19+/m0/s1. The number of fused-ring (bicyclic) bond motifs is 2. The average molecular weight is 410 g/mol. The van der Waals surface area contributed by atoms with Crippen LogP contribution in [-0.4, -0.2) is 45.3 Å². The Kier molecular flexibility index (Phi) is 6.62. The van der Waals surface area contributed by atoms with Gasteiger partial charge < -0.3 is 14.9 Å². The Hall–Kier alpha value is -3.06. The third-order valence-electron chi connectivity index (χ3n) is 5.21. The number of para-hydroxylation sites is 2. The van der Waals surface area contributed by atoms with E-state index in [0.717, 1.165) is 12.8 Å². The maximum absolute atomic E-state index is 12.6. The predicted molar refractivity (Wildman–Crippen MR) is 113 cm³/mol. The van der Waals surface area contributed by atoms with Crippen molar-refractivity contribution in [2.75, 3.05) is 7.11 Å². The van der Waals surface area contributed by atoms with E-state index >= 15 is 0 Å². The molecule has 3 aromatic rings. The summed E-state index contributed by atoms with van der Waals surface area (Å²) in [5.74, 6) is -2.02. The normalized spacial score (nSPS) is 13.5. The van der Waals surface area contributed by atoms with Gasteiger partial charge in [0.2, 0.25) is 0 Å². The van der Waals surface area contributed by atoms with Gasteiger partial charge in [-0.3, -0.25) is 4.79 Å². The van der Waals surface area contributed by atoms with Gasteiger partial charge in [0, 0.05) is 0 Å². The third-order valence-corrected chi connectivity index (χ3v) is 5.21. The highest BCUT2D eigenvalue weighted by atomic mass is 16.5. The van der Waals surface area contributed by atoms with E-state index in [-0.39, 0.29) is 11.1 Å². The van der Waals surface area contributed by atoms with Crippen molar-refractivity contribution in [3.63, 3.8) is 0 Å². The zero-order chi connectivity index (χ0) is 21.8. The van der Waals surface area contributed by atoms with Gasteiger partial charge in [-0.2, -0.15) is 0 Å². The number of hydrogen-bond acceptors (Lipinski definition) is 6. The first-order valence-corrected chi connectivity index (χ1v) is 10.0. The maximum Gasteiger partial charge on any atom is 0.337 e. The van der Waals surface area contributed by atoms with Gasteiger partial charge in [-0.1, -0.05) is 44.9 Å². The molecule has 2 atom stereocenters. The highest BCUT2D eigenvalue weighted by molar-refractivity contribution is 6.03. The fourth-order valence-electron chi connectivity index (χ4n) is 3.68. The summed E-state index contributed by atoms with van der Waals surface area (Å²) in [5.41, 5.74) is 2.18. The van der Waals surface area contributed by atoms with Crippen LogP contribution in [0.1, 0.15) is 54.9 Å². The van der Waals surface area contributed by atoms with Crippen molar-refractivity contribution in [1.29, 1.82) is 0 Å². The lowest BCUT2D eigenvalue weighted by Gasteiger charge is -2.22. The number of aliphatic hydroxyl groups is 1. The summed E-state index contributed by atoms with van der Waals surface area (Å²) in [6.45, 7) is 4.22. The molecule has 2 aromatic carbocycles. The molecule has 0 aliphatic heterocycles. The van der Waals surface area contributed by atoms with E-state index in [4.69, 9.17) is 4.74 Å². The van der Waals surface area contributed by atoms with Crippen LogP contribution in [0.25, 0.3) is 22.1 Å². The lowest BCUT2D eigenvalue weighted by Crippen LogP contribution is -2.28. The van der Waals surface area contributed by atoms with Crippen LogP contribution in [0.5, 0.6) is 0 Å². The van der Waals surface area contributed by atoms with Crippen LogP contribution in [0.3, 0.4) is 0 Å². The molecule has 0 unspecified atom stereocenters. The second-order valence-electron chi connectivity index (χ2n) is 7.81. The minimum atomic E-state index is -1.08. The smallest absolute Gasteiger partial charge is 0.337 e. The summed E-state index contributed by atoms with van der Waals surface area (Å²) in [7, 11) is 1.29. The summed E-state index contributed by atoms with van der Waals surface area (Å²) in [5, 5.41) is 20.3. The van der Waals surface area contributed by atoms with Crippen LogP contribution < -0.4 is 0 Å². The summed E-state index contributed by atoms with van der Waals surface area (Å²) in [6.07, 6.45) is 1.26. The molecule has 0 aliphatic carbocycles. The zero-order valence-electron chi connectivity index (χ0n) is 17.3. The molecule has 0 saturated carbocycles. The van der Waals surface area contributed by atoms with Gasteiger partial charge in [0.25, 0.3) is 0 Å². The number of esters is 1. The molecule has 0 amide bonds. The lowest BCUT2D eigenvalue weighted by molar-refractivity contribution is -0.145. The zero-order valence-corrected chi connectivity index (χ0v) is 17.3. The van der Waals surface area contributed by atoms with Gasteiger partial charge in [-0.15, -0.1) is 0 Å². The molecule has 7 heteroatoms. The van der Waals surface area contributed by atoms with E-state index in [2.05, 4.69) is 23.8 Å². The van der Waals surface area contributed by atoms with Crippen molar-refractivity contribution in [3.05, 3.63) is 47.5 Å². The number of aromatic carboxylic acids is 1. The number of carboxylic acid groups (broad SMARTS) is 1. The average Bonchev–Trinajstić information content (AvgIpc) is 2.71. The molecular weight excluding hydrogens is 384 g/mol. The van der Waals surface area contributed by atoms with E-state index in [9.17, 15) is 19.8 Å². The molecule has 0 aliphatic rings. The number of aromatic nitrogens is 2. The number of hydrogen-bond donors (Lipinski definition) is 2. The van der Waals surface area contributed by atoms with Crippen LogP contribution in [0.4, 0.5) is 0 Å². The Morgan fingerprint density at radius 3 is 2.27 bits per heavy atom. The number of nitrogens with zero attached hydrogens (tertiary/aromatic N) is 2. The molecule has 0 bridgehead atoms. The second kappa shape index (κ2) is 9.17. The molecule has 3 rings (SSSR count). The maximum atomic E-state index is 12.6. The van der Waals surface area contributed by atoms with Gasteiger partial charge in [0.05, 0.1) is 35.3 Å². The second-order valence-corrected chi connectivity index (χ2v) is 7.81. The fourth-order valence-corrected chi connectivity index (χ4v) is 3.68. The Bertz CT molecular complexity index is 1080. The lowest BCUT2D eigenvalue weighted by atomic mass is 9.88. The summed E-state index contributed by atoms with van der Waals surface area (Å²) in [6, 6.07) is 9.92. The number of methoxy groups -OCH3 is 1. The number of ether oxygens (including phenoxy) is 1. The molecule has 0 radical (unpaired) electrons. The molecule has 1 heterocycles. The Morgan fingerprint density at radius 2 is 1.63 bits per heavy atom. The Balaban J connectivity index is 2.11. The Morgan fingerprint density at radius 1 is 1.00 bits per heavy atom.